The summed E-state index contributed by atoms with van der Waals surface area (Å²) in [5, 5.41) is 8.96. The molecule has 1 aliphatic carbocycles. The van der Waals surface area contributed by atoms with Gasteiger partial charge in [0.05, 0.1) is 18.2 Å². The Labute approximate surface area is 94.2 Å². The minimum atomic E-state index is -0.0594. The van der Waals surface area contributed by atoms with Gasteiger partial charge in [-0.1, -0.05) is 18.2 Å². The molecule has 0 saturated carbocycles. The molecule has 2 N–H and O–H groups in total. The van der Waals surface area contributed by atoms with Gasteiger partial charge >= 0.3 is 0 Å². The van der Waals surface area contributed by atoms with Gasteiger partial charge in [0.25, 0.3) is 0 Å². The van der Waals surface area contributed by atoms with E-state index in [2.05, 4.69) is 6.07 Å². The number of aryl methyl sites for hydroxylation is 1. The molecule has 1 aromatic rings. The van der Waals surface area contributed by atoms with Crippen molar-refractivity contribution < 1.29 is 4.79 Å². The summed E-state index contributed by atoms with van der Waals surface area (Å²) in [5.41, 5.74) is 8.68. The highest BCUT2D eigenvalue weighted by Crippen LogP contribution is 2.26. The lowest BCUT2D eigenvalue weighted by molar-refractivity contribution is 0.100. The van der Waals surface area contributed by atoms with Crippen LogP contribution in [0.2, 0.25) is 0 Å². The zero-order valence-electron chi connectivity index (χ0n) is 8.86. The first-order chi connectivity index (χ1) is 7.76. The van der Waals surface area contributed by atoms with E-state index in [-0.39, 0.29) is 12.3 Å². The molecule has 0 spiro atoms. The number of benzene rings is 1. The Morgan fingerprint density at radius 2 is 2.31 bits per heavy atom. The molecule has 1 aliphatic rings. The average molecular weight is 212 g/mol. The number of nitrogens with zero attached hydrogens (tertiary/aromatic N) is 1. The lowest BCUT2D eigenvalue weighted by Crippen LogP contribution is -2.14. The molecule has 80 valence electrons. The third kappa shape index (κ3) is 1.75. The lowest BCUT2D eigenvalue weighted by Gasteiger charge is -2.14. The molecule has 0 bridgehead atoms. The van der Waals surface area contributed by atoms with Gasteiger partial charge in [0.2, 0.25) is 0 Å². The summed E-state index contributed by atoms with van der Waals surface area (Å²) in [7, 11) is 0. The highest BCUT2D eigenvalue weighted by molar-refractivity contribution is 5.98. The van der Waals surface area contributed by atoms with Gasteiger partial charge in [-0.05, 0) is 30.0 Å². The quantitative estimate of drug-likeness (QED) is 0.758. The second kappa shape index (κ2) is 4.30. The molecule has 0 fully saturated rings. The number of allylic oxidation sites excluding steroid dienone is 2. The second-order valence-electron chi connectivity index (χ2n) is 3.77. The standard InChI is InChI=1S/C13H12N2O/c14-7-11-3-1-2-9-6-10(13(16)8-15)4-5-12(9)11/h3-6H,1-2,8,15H2. The molecule has 0 heterocycles. The van der Waals surface area contributed by atoms with Gasteiger partial charge in [0, 0.05) is 5.56 Å². The minimum Gasteiger partial charge on any atom is -0.324 e. The first-order valence-electron chi connectivity index (χ1n) is 5.23. The number of carbonyl (C=O) groups excluding carboxylic acids is 1. The highest BCUT2D eigenvalue weighted by atomic mass is 16.1. The van der Waals surface area contributed by atoms with Gasteiger partial charge in [0.1, 0.15) is 0 Å². The molecular weight excluding hydrogens is 200 g/mol. The number of ketones is 1. The number of rotatable bonds is 2. The molecule has 0 aromatic heterocycles. The topological polar surface area (TPSA) is 66.9 Å². The number of fused-ring (bicyclic) bond motifs is 1. The smallest absolute Gasteiger partial charge is 0.176 e. The molecule has 0 saturated heterocycles. The molecule has 0 unspecified atom stereocenters. The van der Waals surface area contributed by atoms with Crippen molar-refractivity contribution in [2.45, 2.75) is 12.8 Å². The van der Waals surface area contributed by atoms with E-state index >= 15 is 0 Å². The Balaban J connectivity index is 2.46. The molecule has 0 amide bonds. The van der Waals surface area contributed by atoms with Crippen LogP contribution in [0.15, 0.2) is 24.3 Å². The Morgan fingerprint density at radius 1 is 1.50 bits per heavy atom. The van der Waals surface area contributed by atoms with Crippen molar-refractivity contribution in [2.75, 3.05) is 6.54 Å². The molecule has 2 rings (SSSR count). The zero-order valence-corrected chi connectivity index (χ0v) is 8.86. The van der Waals surface area contributed by atoms with Crippen molar-refractivity contribution in [3.05, 3.63) is 41.0 Å². The fourth-order valence-electron chi connectivity index (χ4n) is 1.94. The molecule has 0 atom stereocenters. The maximum absolute atomic E-state index is 11.4. The SMILES string of the molecule is N#CC1=CCCc2cc(C(=O)CN)ccc21. The van der Waals surface area contributed by atoms with E-state index in [4.69, 9.17) is 11.0 Å². The summed E-state index contributed by atoms with van der Waals surface area (Å²) in [6.45, 7) is 0.0275. The minimum absolute atomic E-state index is 0.0275. The van der Waals surface area contributed by atoms with Crippen LogP contribution >= 0.6 is 0 Å². The van der Waals surface area contributed by atoms with Crippen molar-refractivity contribution in [3.63, 3.8) is 0 Å². The Morgan fingerprint density at radius 3 is 3.00 bits per heavy atom. The van der Waals surface area contributed by atoms with E-state index in [1.807, 2.05) is 18.2 Å². The molecule has 3 heteroatoms. The fraction of sp³-hybridized carbons (Fsp3) is 0.231. The van der Waals surface area contributed by atoms with Crippen LogP contribution < -0.4 is 5.73 Å². The zero-order chi connectivity index (χ0) is 11.5. The van der Waals surface area contributed by atoms with E-state index in [1.54, 1.807) is 6.07 Å². The van der Waals surface area contributed by atoms with Gasteiger partial charge < -0.3 is 5.73 Å². The van der Waals surface area contributed by atoms with Crippen LogP contribution in [0.5, 0.6) is 0 Å². The maximum Gasteiger partial charge on any atom is 0.176 e. The maximum atomic E-state index is 11.4. The summed E-state index contributed by atoms with van der Waals surface area (Å²) >= 11 is 0. The second-order valence-corrected chi connectivity index (χ2v) is 3.77. The Hall–Kier alpha value is -1.92. The monoisotopic (exact) mass is 212 g/mol. The van der Waals surface area contributed by atoms with Crippen molar-refractivity contribution in [2.24, 2.45) is 5.73 Å². The lowest BCUT2D eigenvalue weighted by atomic mass is 9.89. The van der Waals surface area contributed by atoms with Crippen LogP contribution in [0.1, 0.15) is 27.9 Å². The van der Waals surface area contributed by atoms with Gasteiger partial charge in [-0.3, -0.25) is 4.79 Å². The summed E-state index contributed by atoms with van der Waals surface area (Å²) in [6.07, 6.45) is 3.68. The molecule has 16 heavy (non-hydrogen) atoms. The van der Waals surface area contributed by atoms with Crippen molar-refractivity contribution >= 4 is 11.4 Å². The summed E-state index contributed by atoms with van der Waals surface area (Å²) in [4.78, 5) is 11.4. The van der Waals surface area contributed by atoms with E-state index in [0.29, 0.717) is 11.1 Å². The summed E-state index contributed by atoms with van der Waals surface area (Å²) < 4.78 is 0. The van der Waals surface area contributed by atoms with Crippen LogP contribution in [0.25, 0.3) is 5.57 Å². The first-order valence-corrected chi connectivity index (χ1v) is 5.23. The molecular formula is C13H12N2O. The fourth-order valence-corrected chi connectivity index (χ4v) is 1.94. The number of nitriles is 1. The van der Waals surface area contributed by atoms with Crippen molar-refractivity contribution in [1.29, 1.82) is 5.26 Å². The normalized spacial score (nSPS) is 13.6. The van der Waals surface area contributed by atoms with Gasteiger partial charge in [0.15, 0.2) is 5.78 Å². The van der Waals surface area contributed by atoms with Crippen LogP contribution in [-0.4, -0.2) is 12.3 Å². The number of carbonyl (C=O) groups is 1. The van der Waals surface area contributed by atoms with Gasteiger partial charge in [-0.25, -0.2) is 0 Å². The number of nitrogens with two attached hydrogens (primary N) is 1. The Bertz CT molecular complexity index is 509. The largest absolute Gasteiger partial charge is 0.324 e. The van der Waals surface area contributed by atoms with Crippen LogP contribution in [0, 0.1) is 11.3 Å². The predicted octanol–water partition coefficient (Wildman–Crippen LogP) is 1.68. The van der Waals surface area contributed by atoms with E-state index in [1.165, 1.54) is 0 Å². The Kier molecular flexibility index (Phi) is 2.84. The molecule has 0 radical (unpaired) electrons. The van der Waals surface area contributed by atoms with E-state index in [9.17, 15) is 4.79 Å². The van der Waals surface area contributed by atoms with Crippen molar-refractivity contribution in [1.82, 2.24) is 0 Å². The average Bonchev–Trinajstić information content (AvgIpc) is 2.36. The van der Waals surface area contributed by atoms with E-state index < -0.39 is 0 Å². The first kappa shape index (κ1) is 10.6. The molecule has 1 aromatic carbocycles. The molecule has 3 nitrogen and oxygen atoms in total. The van der Waals surface area contributed by atoms with Gasteiger partial charge in [-0.15, -0.1) is 0 Å². The van der Waals surface area contributed by atoms with Crippen LogP contribution in [0.4, 0.5) is 0 Å². The third-order valence-electron chi connectivity index (χ3n) is 2.79. The predicted molar refractivity (Wildman–Crippen MR) is 61.7 cm³/mol. The van der Waals surface area contributed by atoms with Crippen LogP contribution in [-0.2, 0) is 6.42 Å². The van der Waals surface area contributed by atoms with Crippen molar-refractivity contribution in [3.8, 4) is 6.07 Å². The van der Waals surface area contributed by atoms with E-state index in [0.717, 1.165) is 24.0 Å². The number of hydrogen-bond acceptors (Lipinski definition) is 3. The number of hydrogen-bond donors (Lipinski definition) is 1. The highest BCUT2D eigenvalue weighted by Gasteiger charge is 2.14. The number of Topliss-reactive ketones (excluding diaryl/α,β-unsaturated/α-hetero) is 1. The van der Waals surface area contributed by atoms with Gasteiger partial charge in [-0.2, -0.15) is 5.26 Å². The third-order valence-corrected chi connectivity index (χ3v) is 2.79. The summed E-state index contributed by atoms with van der Waals surface area (Å²) in [5.74, 6) is -0.0594. The van der Waals surface area contributed by atoms with Crippen LogP contribution in [0.3, 0.4) is 0 Å². The summed E-state index contributed by atoms with van der Waals surface area (Å²) in [6, 6.07) is 7.61. The molecule has 0 aliphatic heterocycles.